The lowest BCUT2D eigenvalue weighted by Gasteiger charge is -2.40. The Labute approximate surface area is 88.2 Å². The Morgan fingerprint density at radius 1 is 1.64 bits per heavy atom. The molecule has 0 saturated heterocycles. The smallest absolute Gasteiger partial charge is 0.183 e. The SMILES string of the molecule is CCc1csc(NC2(CO)CCC2)n1. The Bertz CT molecular complexity index is 301. The van der Waals surface area contributed by atoms with Crippen molar-refractivity contribution in [3.05, 3.63) is 11.1 Å². The van der Waals surface area contributed by atoms with E-state index in [0.717, 1.165) is 30.1 Å². The highest BCUT2D eigenvalue weighted by atomic mass is 32.1. The third-order valence-electron chi connectivity index (χ3n) is 2.90. The lowest BCUT2D eigenvalue weighted by atomic mass is 9.77. The van der Waals surface area contributed by atoms with Gasteiger partial charge in [0.05, 0.1) is 17.8 Å². The maximum Gasteiger partial charge on any atom is 0.183 e. The first-order valence-corrected chi connectivity index (χ1v) is 5.99. The van der Waals surface area contributed by atoms with Gasteiger partial charge in [-0.15, -0.1) is 11.3 Å². The fourth-order valence-corrected chi connectivity index (χ4v) is 2.59. The minimum atomic E-state index is -0.0666. The van der Waals surface area contributed by atoms with Crippen molar-refractivity contribution in [2.45, 2.75) is 38.1 Å². The van der Waals surface area contributed by atoms with Crippen molar-refractivity contribution in [3.8, 4) is 0 Å². The summed E-state index contributed by atoms with van der Waals surface area (Å²) in [6.07, 6.45) is 4.30. The zero-order valence-corrected chi connectivity index (χ0v) is 9.23. The summed E-state index contributed by atoms with van der Waals surface area (Å²) in [7, 11) is 0. The predicted molar refractivity (Wildman–Crippen MR) is 58.8 cm³/mol. The van der Waals surface area contributed by atoms with Crippen LogP contribution in [0.15, 0.2) is 5.38 Å². The van der Waals surface area contributed by atoms with Crippen LogP contribution in [0.1, 0.15) is 31.9 Å². The fourth-order valence-electron chi connectivity index (χ4n) is 1.68. The van der Waals surface area contributed by atoms with Gasteiger partial charge in [-0.05, 0) is 25.7 Å². The molecule has 1 aliphatic carbocycles. The number of hydrogen-bond acceptors (Lipinski definition) is 4. The van der Waals surface area contributed by atoms with Gasteiger partial charge in [0.15, 0.2) is 5.13 Å². The van der Waals surface area contributed by atoms with Gasteiger partial charge in [0.2, 0.25) is 0 Å². The number of aliphatic hydroxyl groups excluding tert-OH is 1. The first kappa shape index (κ1) is 9.93. The van der Waals surface area contributed by atoms with Gasteiger partial charge < -0.3 is 10.4 Å². The molecule has 2 N–H and O–H groups in total. The van der Waals surface area contributed by atoms with Crippen molar-refractivity contribution in [1.82, 2.24) is 4.98 Å². The van der Waals surface area contributed by atoms with Crippen LogP contribution in [0, 0.1) is 0 Å². The van der Waals surface area contributed by atoms with Gasteiger partial charge in [0, 0.05) is 5.38 Å². The van der Waals surface area contributed by atoms with E-state index in [2.05, 4.69) is 22.6 Å². The summed E-state index contributed by atoms with van der Waals surface area (Å²) in [6.45, 7) is 2.32. The molecule has 1 aromatic rings. The third kappa shape index (κ3) is 1.77. The Kier molecular flexibility index (Phi) is 2.74. The standard InChI is InChI=1S/C10H16N2OS/c1-2-8-6-14-9(11-8)12-10(7-13)4-3-5-10/h6,13H,2-5,7H2,1H3,(H,11,12). The van der Waals surface area contributed by atoms with Crippen LogP contribution in [0.25, 0.3) is 0 Å². The highest BCUT2D eigenvalue weighted by Gasteiger charge is 2.36. The van der Waals surface area contributed by atoms with E-state index in [1.54, 1.807) is 11.3 Å². The molecular formula is C10H16N2OS. The quantitative estimate of drug-likeness (QED) is 0.802. The number of nitrogens with zero attached hydrogens (tertiary/aromatic N) is 1. The molecule has 0 amide bonds. The van der Waals surface area contributed by atoms with Gasteiger partial charge in [0.1, 0.15) is 0 Å². The van der Waals surface area contributed by atoms with Gasteiger partial charge in [-0.3, -0.25) is 0 Å². The lowest BCUT2D eigenvalue weighted by molar-refractivity contribution is 0.144. The summed E-state index contributed by atoms with van der Waals surface area (Å²) < 4.78 is 0. The predicted octanol–water partition coefficient (Wildman–Crippen LogP) is 2.03. The van der Waals surface area contributed by atoms with Crippen molar-refractivity contribution < 1.29 is 5.11 Å². The first-order chi connectivity index (χ1) is 6.78. The molecule has 78 valence electrons. The van der Waals surface area contributed by atoms with Crippen LogP contribution in [0.3, 0.4) is 0 Å². The molecule has 0 radical (unpaired) electrons. The van der Waals surface area contributed by atoms with Crippen LogP contribution in [-0.2, 0) is 6.42 Å². The molecule has 0 bridgehead atoms. The largest absolute Gasteiger partial charge is 0.394 e. The Morgan fingerprint density at radius 2 is 2.43 bits per heavy atom. The molecule has 1 saturated carbocycles. The summed E-state index contributed by atoms with van der Waals surface area (Å²) in [6, 6.07) is 0. The molecule has 0 spiro atoms. The Hall–Kier alpha value is -0.610. The average Bonchev–Trinajstić information content (AvgIpc) is 2.59. The summed E-state index contributed by atoms with van der Waals surface area (Å²) in [5, 5.41) is 15.7. The van der Waals surface area contributed by atoms with E-state index in [0.29, 0.717) is 0 Å². The summed E-state index contributed by atoms with van der Waals surface area (Å²) in [5.74, 6) is 0. The molecule has 0 atom stereocenters. The molecule has 4 heteroatoms. The first-order valence-electron chi connectivity index (χ1n) is 5.11. The summed E-state index contributed by atoms with van der Waals surface area (Å²) in [4.78, 5) is 4.44. The lowest BCUT2D eigenvalue weighted by Crippen LogP contribution is -2.48. The zero-order chi connectivity index (χ0) is 10.0. The van der Waals surface area contributed by atoms with E-state index < -0.39 is 0 Å². The van der Waals surface area contributed by atoms with E-state index >= 15 is 0 Å². The maximum absolute atomic E-state index is 9.28. The third-order valence-corrected chi connectivity index (χ3v) is 3.71. The second kappa shape index (κ2) is 3.87. The van der Waals surface area contributed by atoms with Crippen LogP contribution in [0.5, 0.6) is 0 Å². The van der Waals surface area contributed by atoms with Crippen molar-refractivity contribution >= 4 is 16.5 Å². The van der Waals surface area contributed by atoms with Crippen molar-refractivity contribution in [1.29, 1.82) is 0 Å². The van der Waals surface area contributed by atoms with Crippen molar-refractivity contribution in [3.63, 3.8) is 0 Å². The van der Waals surface area contributed by atoms with Crippen LogP contribution >= 0.6 is 11.3 Å². The molecular weight excluding hydrogens is 196 g/mol. The van der Waals surface area contributed by atoms with Crippen LogP contribution in [0.2, 0.25) is 0 Å². The van der Waals surface area contributed by atoms with E-state index in [9.17, 15) is 5.11 Å². The number of aryl methyl sites for hydroxylation is 1. The van der Waals surface area contributed by atoms with Gasteiger partial charge in [-0.25, -0.2) is 4.98 Å². The topological polar surface area (TPSA) is 45.1 Å². The highest BCUT2D eigenvalue weighted by Crippen LogP contribution is 2.35. The van der Waals surface area contributed by atoms with E-state index in [1.807, 2.05) is 0 Å². The molecule has 2 rings (SSSR count). The van der Waals surface area contributed by atoms with Gasteiger partial charge >= 0.3 is 0 Å². The second-order valence-corrected chi connectivity index (χ2v) is 4.77. The second-order valence-electron chi connectivity index (χ2n) is 3.91. The molecule has 3 nitrogen and oxygen atoms in total. The van der Waals surface area contributed by atoms with Crippen molar-refractivity contribution in [2.75, 3.05) is 11.9 Å². The van der Waals surface area contributed by atoms with Gasteiger partial charge in [-0.2, -0.15) is 0 Å². The minimum Gasteiger partial charge on any atom is -0.394 e. The van der Waals surface area contributed by atoms with Gasteiger partial charge in [0.25, 0.3) is 0 Å². The zero-order valence-electron chi connectivity index (χ0n) is 8.42. The van der Waals surface area contributed by atoms with Crippen LogP contribution in [-0.4, -0.2) is 22.2 Å². The number of nitrogens with one attached hydrogen (secondary N) is 1. The molecule has 0 aliphatic heterocycles. The minimum absolute atomic E-state index is 0.0666. The number of aliphatic hydroxyl groups is 1. The summed E-state index contributed by atoms with van der Waals surface area (Å²) in [5.41, 5.74) is 1.06. The number of rotatable bonds is 4. The number of thiazole rings is 1. The van der Waals surface area contributed by atoms with E-state index in [4.69, 9.17) is 0 Å². The number of aromatic nitrogens is 1. The van der Waals surface area contributed by atoms with Crippen LogP contribution in [0.4, 0.5) is 5.13 Å². The highest BCUT2D eigenvalue weighted by molar-refractivity contribution is 7.13. The molecule has 1 heterocycles. The monoisotopic (exact) mass is 212 g/mol. The number of hydrogen-bond donors (Lipinski definition) is 2. The fraction of sp³-hybridized carbons (Fsp3) is 0.700. The maximum atomic E-state index is 9.28. The van der Waals surface area contributed by atoms with E-state index in [1.165, 1.54) is 6.42 Å². The van der Waals surface area contributed by atoms with Gasteiger partial charge in [-0.1, -0.05) is 6.92 Å². The normalized spacial score (nSPS) is 19.0. The van der Waals surface area contributed by atoms with E-state index in [-0.39, 0.29) is 12.1 Å². The Morgan fingerprint density at radius 3 is 2.86 bits per heavy atom. The molecule has 0 unspecified atom stereocenters. The average molecular weight is 212 g/mol. The number of anilines is 1. The molecule has 1 aromatic heterocycles. The van der Waals surface area contributed by atoms with Crippen LogP contribution < -0.4 is 5.32 Å². The Balaban J connectivity index is 2.02. The molecule has 14 heavy (non-hydrogen) atoms. The summed E-state index contributed by atoms with van der Waals surface area (Å²) >= 11 is 1.63. The van der Waals surface area contributed by atoms with Crippen molar-refractivity contribution in [2.24, 2.45) is 0 Å². The molecule has 0 aromatic carbocycles. The molecule has 1 aliphatic rings. The molecule has 1 fully saturated rings.